The second-order valence-corrected chi connectivity index (χ2v) is 7.21. The summed E-state index contributed by atoms with van der Waals surface area (Å²) in [6.45, 7) is 0.762. The summed E-state index contributed by atoms with van der Waals surface area (Å²) in [4.78, 5) is 14.4. The van der Waals surface area contributed by atoms with Gasteiger partial charge in [0.15, 0.2) is 5.75 Å². The van der Waals surface area contributed by atoms with Crippen molar-refractivity contribution in [3.8, 4) is 11.5 Å². The first-order valence-corrected chi connectivity index (χ1v) is 9.51. The van der Waals surface area contributed by atoms with Crippen molar-refractivity contribution in [2.24, 2.45) is 0 Å². The van der Waals surface area contributed by atoms with Gasteiger partial charge in [0.2, 0.25) is 5.91 Å². The molecule has 0 heterocycles. The lowest BCUT2D eigenvalue weighted by Crippen LogP contribution is -2.30. The Morgan fingerprint density at radius 1 is 1.00 bits per heavy atom. The van der Waals surface area contributed by atoms with Crippen LogP contribution in [0.1, 0.15) is 5.56 Å². The van der Waals surface area contributed by atoms with Gasteiger partial charge < -0.3 is 10.1 Å². The second kappa shape index (κ2) is 9.60. The number of halogens is 2. The summed E-state index contributed by atoms with van der Waals surface area (Å²) >= 11 is 12.3. The number of hydrogen-bond acceptors (Lipinski definition) is 3. The Hall–Kier alpha value is -2.53. The Morgan fingerprint density at radius 2 is 1.71 bits per heavy atom. The third-order valence-electron chi connectivity index (χ3n) is 4.00. The van der Waals surface area contributed by atoms with E-state index in [-0.39, 0.29) is 12.5 Å². The summed E-state index contributed by atoms with van der Waals surface area (Å²) in [5.41, 5.74) is 1.49. The molecule has 0 aliphatic carbocycles. The molecule has 1 N–H and O–H groups in total. The van der Waals surface area contributed by atoms with Crippen LogP contribution in [0.2, 0.25) is 10.0 Å². The highest BCUT2D eigenvalue weighted by atomic mass is 35.5. The minimum atomic E-state index is -0.172. The lowest BCUT2D eigenvalue weighted by molar-refractivity contribution is -0.117. The fourth-order valence-corrected chi connectivity index (χ4v) is 3.08. The van der Waals surface area contributed by atoms with Crippen molar-refractivity contribution in [1.82, 2.24) is 4.90 Å². The molecule has 144 valence electrons. The van der Waals surface area contributed by atoms with Crippen LogP contribution in [0.5, 0.6) is 11.5 Å². The highest BCUT2D eigenvalue weighted by Crippen LogP contribution is 2.32. The van der Waals surface area contributed by atoms with Crippen molar-refractivity contribution in [3.63, 3.8) is 0 Å². The molecule has 4 nitrogen and oxygen atoms in total. The van der Waals surface area contributed by atoms with Gasteiger partial charge in [-0.1, -0.05) is 59.6 Å². The molecule has 0 saturated carbocycles. The maximum Gasteiger partial charge on any atom is 0.238 e. The van der Waals surface area contributed by atoms with Crippen molar-refractivity contribution in [3.05, 3.63) is 88.4 Å². The molecule has 3 rings (SSSR count). The summed E-state index contributed by atoms with van der Waals surface area (Å²) < 4.78 is 5.88. The van der Waals surface area contributed by atoms with Gasteiger partial charge in [0, 0.05) is 16.6 Å². The number of nitrogens with one attached hydrogen (secondary N) is 1. The molecule has 3 aromatic rings. The standard InChI is InChI=1S/C22H20Cl2N2O2/c1-26(14-16-7-5-6-10-19(16)24)15-22(27)25-20-13-17(23)11-12-21(20)28-18-8-3-2-4-9-18/h2-13H,14-15H2,1H3,(H,25,27). The molecule has 0 aliphatic heterocycles. The molecule has 0 aromatic heterocycles. The van der Waals surface area contributed by atoms with Gasteiger partial charge in [-0.05, 0) is 49.0 Å². The number of rotatable bonds is 7. The summed E-state index contributed by atoms with van der Waals surface area (Å²) in [5, 5.41) is 4.08. The fourth-order valence-electron chi connectivity index (χ4n) is 2.71. The minimum Gasteiger partial charge on any atom is -0.455 e. The predicted octanol–water partition coefficient (Wildman–Crippen LogP) is 5.86. The molecule has 0 aliphatic rings. The Bertz CT molecular complexity index is 948. The van der Waals surface area contributed by atoms with Gasteiger partial charge in [0.25, 0.3) is 0 Å². The van der Waals surface area contributed by atoms with Crippen LogP contribution in [-0.2, 0) is 11.3 Å². The van der Waals surface area contributed by atoms with Gasteiger partial charge in [-0.25, -0.2) is 0 Å². The predicted molar refractivity (Wildman–Crippen MR) is 114 cm³/mol. The molecule has 0 atom stereocenters. The molecule has 0 radical (unpaired) electrons. The highest BCUT2D eigenvalue weighted by Gasteiger charge is 2.13. The van der Waals surface area contributed by atoms with E-state index in [1.165, 1.54) is 0 Å². The first kappa shape index (κ1) is 20.2. The maximum atomic E-state index is 12.5. The van der Waals surface area contributed by atoms with Crippen LogP contribution in [0.25, 0.3) is 0 Å². The SMILES string of the molecule is CN(CC(=O)Nc1cc(Cl)ccc1Oc1ccccc1)Cc1ccccc1Cl. The van der Waals surface area contributed by atoms with E-state index in [1.807, 2.05) is 66.5 Å². The van der Waals surface area contributed by atoms with Gasteiger partial charge in [0.05, 0.1) is 12.2 Å². The average Bonchev–Trinajstić information content (AvgIpc) is 2.66. The van der Waals surface area contributed by atoms with Crippen LogP contribution >= 0.6 is 23.2 Å². The van der Waals surface area contributed by atoms with E-state index in [1.54, 1.807) is 18.2 Å². The number of ether oxygens (including phenoxy) is 1. The summed E-state index contributed by atoms with van der Waals surface area (Å²) in [5.74, 6) is 1.03. The number of anilines is 1. The number of benzene rings is 3. The molecular weight excluding hydrogens is 395 g/mol. The number of carbonyl (C=O) groups excluding carboxylic acids is 1. The summed E-state index contributed by atoms with van der Waals surface area (Å²) in [7, 11) is 1.86. The van der Waals surface area contributed by atoms with E-state index in [4.69, 9.17) is 27.9 Å². The number of para-hydroxylation sites is 1. The van der Waals surface area contributed by atoms with Gasteiger partial charge in [-0.15, -0.1) is 0 Å². The molecule has 0 spiro atoms. The van der Waals surface area contributed by atoms with Crippen LogP contribution in [0, 0.1) is 0 Å². The van der Waals surface area contributed by atoms with Gasteiger partial charge in [-0.3, -0.25) is 9.69 Å². The van der Waals surface area contributed by atoms with E-state index < -0.39 is 0 Å². The molecule has 1 amide bonds. The van der Waals surface area contributed by atoms with Crippen molar-refractivity contribution in [2.45, 2.75) is 6.54 Å². The Kier molecular flexibility index (Phi) is 6.93. The zero-order chi connectivity index (χ0) is 19.9. The smallest absolute Gasteiger partial charge is 0.238 e. The summed E-state index contributed by atoms with van der Waals surface area (Å²) in [6.07, 6.45) is 0. The molecule has 0 unspecified atom stereocenters. The van der Waals surface area contributed by atoms with E-state index in [2.05, 4.69) is 5.32 Å². The average molecular weight is 415 g/mol. The van der Waals surface area contributed by atoms with Crippen molar-refractivity contribution >= 4 is 34.8 Å². The highest BCUT2D eigenvalue weighted by molar-refractivity contribution is 6.31. The monoisotopic (exact) mass is 414 g/mol. The number of hydrogen-bond donors (Lipinski definition) is 1. The molecule has 0 bridgehead atoms. The molecule has 0 saturated heterocycles. The number of nitrogens with zero attached hydrogens (tertiary/aromatic N) is 1. The first-order chi connectivity index (χ1) is 13.5. The third-order valence-corrected chi connectivity index (χ3v) is 4.60. The normalized spacial score (nSPS) is 10.7. The van der Waals surface area contributed by atoms with Crippen LogP contribution in [-0.4, -0.2) is 24.4 Å². The van der Waals surface area contributed by atoms with E-state index in [0.29, 0.717) is 33.8 Å². The van der Waals surface area contributed by atoms with E-state index in [9.17, 15) is 4.79 Å². The maximum absolute atomic E-state index is 12.5. The lowest BCUT2D eigenvalue weighted by Gasteiger charge is -2.18. The van der Waals surface area contributed by atoms with Gasteiger partial charge in [-0.2, -0.15) is 0 Å². The molecule has 0 fully saturated rings. The number of carbonyl (C=O) groups is 1. The van der Waals surface area contributed by atoms with Gasteiger partial charge in [0.1, 0.15) is 5.75 Å². The van der Waals surface area contributed by atoms with Crippen LogP contribution in [0.4, 0.5) is 5.69 Å². The van der Waals surface area contributed by atoms with Crippen molar-refractivity contribution in [2.75, 3.05) is 18.9 Å². The van der Waals surface area contributed by atoms with Crippen molar-refractivity contribution < 1.29 is 9.53 Å². The Labute approximate surface area is 174 Å². The quantitative estimate of drug-likeness (QED) is 0.526. The second-order valence-electron chi connectivity index (χ2n) is 6.37. The Balaban J connectivity index is 1.66. The first-order valence-electron chi connectivity index (χ1n) is 8.75. The topological polar surface area (TPSA) is 41.6 Å². The zero-order valence-corrected chi connectivity index (χ0v) is 16.9. The minimum absolute atomic E-state index is 0.172. The van der Waals surface area contributed by atoms with E-state index >= 15 is 0 Å². The molecule has 28 heavy (non-hydrogen) atoms. The van der Waals surface area contributed by atoms with Gasteiger partial charge >= 0.3 is 0 Å². The van der Waals surface area contributed by atoms with E-state index in [0.717, 1.165) is 5.56 Å². The molecule has 3 aromatic carbocycles. The molecule has 6 heteroatoms. The summed E-state index contributed by atoms with van der Waals surface area (Å²) in [6, 6.07) is 22.1. The van der Waals surface area contributed by atoms with Crippen molar-refractivity contribution in [1.29, 1.82) is 0 Å². The number of likely N-dealkylation sites (N-methyl/N-ethyl adjacent to an activating group) is 1. The lowest BCUT2D eigenvalue weighted by atomic mass is 10.2. The number of amides is 1. The Morgan fingerprint density at radius 3 is 2.46 bits per heavy atom. The fraction of sp³-hybridized carbons (Fsp3) is 0.136. The molecular formula is C22H20Cl2N2O2. The van der Waals surface area contributed by atoms with Crippen LogP contribution in [0.3, 0.4) is 0 Å². The largest absolute Gasteiger partial charge is 0.455 e. The third kappa shape index (κ3) is 5.73. The van der Waals surface area contributed by atoms with Crippen LogP contribution in [0.15, 0.2) is 72.8 Å². The zero-order valence-electron chi connectivity index (χ0n) is 15.4. The van der Waals surface area contributed by atoms with Crippen LogP contribution < -0.4 is 10.1 Å².